The van der Waals surface area contributed by atoms with Crippen LogP contribution in [0.15, 0.2) is 12.4 Å². The molecule has 5 heteroatoms. The lowest BCUT2D eigenvalue weighted by Crippen LogP contribution is -2.64. The first-order chi connectivity index (χ1) is 10.6. The number of aromatic nitrogens is 2. The van der Waals surface area contributed by atoms with Crippen molar-refractivity contribution in [2.24, 2.45) is 5.41 Å². The van der Waals surface area contributed by atoms with Crippen molar-refractivity contribution in [3.8, 4) is 0 Å². The second-order valence-electron chi connectivity index (χ2n) is 6.59. The van der Waals surface area contributed by atoms with E-state index >= 15 is 0 Å². The third kappa shape index (κ3) is 2.41. The molecule has 0 aliphatic heterocycles. The zero-order valence-electron chi connectivity index (χ0n) is 13.7. The van der Waals surface area contributed by atoms with Crippen LogP contribution in [0.5, 0.6) is 0 Å². The van der Waals surface area contributed by atoms with E-state index in [1.165, 1.54) is 25.7 Å². The highest BCUT2D eigenvalue weighted by Crippen LogP contribution is 2.56. The van der Waals surface area contributed by atoms with E-state index in [0.29, 0.717) is 11.8 Å². The number of aryl methyl sites for hydroxylation is 1. The number of nitrogens with zero attached hydrogens (tertiary/aromatic N) is 3. The summed E-state index contributed by atoms with van der Waals surface area (Å²) in [5, 5.41) is 0. The van der Waals surface area contributed by atoms with Crippen LogP contribution in [0.3, 0.4) is 0 Å². The monoisotopic (exact) mass is 303 g/mol. The molecule has 120 valence electrons. The van der Waals surface area contributed by atoms with E-state index < -0.39 is 0 Å². The summed E-state index contributed by atoms with van der Waals surface area (Å²) in [6.07, 6.45) is 9.29. The van der Waals surface area contributed by atoms with Crippen molar-refractivity contribution in [1.29, 1.82) is 0 Å². The minimum absolute atomic E-state index is 0.0290. The van der Waals surface area contributed by atoms with Crippen molar-refractivity contribution >= 4 is 5.91 Å². The van der Waals surface area contributed by atoms with Crippen molar-refractivity contribution in [2.45, 2.75) is 58.1 Å². The highest BCUT2D eigenvalue weighted by Gasteiger charge is 2.58. The number of ether oxygens (including phenoxy) is 1. The molecular formula is C17H25N3O2. The van der Waals surface area contributed by atoms with Gasteiger partial charge in [-0.1, -0.05) is 12.8 Å². The summed E-state index contributed by atoms with van der Waals surface area (Å²) in [5.74, 6) is -0.0290. The maximum absolute atomic E-state index is 12.7. The molecule has 0 unspecified atom stereocenters. The maximum Gasteiger partial charge on any atom is 0.274 e. The molecule has 2 atom stereocenters. The van der Waals surface area contributed by atoms with Crippen LogP contribution < -0.4 is 0 Å². The Balaban J connectivity index is 1.75. The van der Waals surface area contributed by atoms with E-state index in [9.17, 15) is 4.79 Å². The number of hydrogen-bond acceptors (Lipinski definition) is 4. The van der Waals surface area contributed by atoms with E-state index in [1.807, 2.05) is 25.8 Å². The Morgan fingerprint density at radius 1 is 1.36 bits per heavy atom. The van der Waals surface area contributed by atoms with Crippen molar-refractivity contribution in [3.05, 3.63) is 23.8 Å². The van der Waals surface area contributed by atoms with Gasteiger partial charge in [-0.05, 0) is 33.1 Å². The van der Waals surface area contributed by atoms with Gasteiger partial charge in [-0.3, -0.25) is 9.78 Å². The quantitative estimate of drug-likeness (QED) is 0.858. The van der Waals surface area contributed by atoms with E-state index in [0.717, 1.165) is 18.7 Å². The Morgan fingerprint density at radius 2 is 2.09 bits per heavy atom. The van der Waals surface area contributed by atoms with E-state index in [2.05, 4.69) is 9.97 Å². The molecule has 1 aromatic rings. The molecule has 2 saturated carbocycles. The van der Waals surface area contributed by atoms with Crippen molar-refractivity contribution in [1.82, 2.24) is 14.9 Å². The van der Waals surface area contributed by atoms with Crippen molar-refractivity contribution in [3.63, 3.8) is 0 Å². The zero-order chi connectivity index (χ0) is 15.7. The smallest absolute Gasteiger partial charge is 0.274 e. The average Bonchev–Trinajstić information content (AvgIpc) is 3.03. The predicted molar refractivity (Wildman–Crippen MR) is 83.6 cm³/mol. The lowest BCUT2D eigenvalue weighted by Gasteiger charge is -2.56. The number of amides is 1. The van der Waals surface area contributed by atoms with Gasteiger partial charge in [0.15, 0.2) is 0 Å². The van der Waals surface area contributed by atoms with Gasteiger partial charge in [-0.15, -0.1) is 0 Å². The summed E-state index contributed by atoms with van der Waals surface area (Å²) in [6, 6.07) is 0.266. The molecule has 22 heavy (non-hydrogen) atoms. The van der Waals surface area contributed by atoms with Crippen LogP contribution in [0.25, 0.3) is 0 Å². The highest BCUT2D eigenvalue weighted by atomic mass is 16.5. The SMILES string of the molecule is CCO[C@@H]1C[C@@H](N(C)C(=O)c2cnc(C)cn2)C12CCCC2. The average molecular weight is 303 g/mol. The minimum atomic E-state index is -0.0290. The molecule has 1 heterocycles. The topological polar surface area (TPSA) is 55.3 Å². The third-order valence-electron chi connectivity index (χ3n) is 5.43. The fraction of sp³-hybridized carbons (Fsp3) is 0.706. The normalized spacial score (nSPS) is 26.0. The summed E-state index contributed by atoms with van der Waals surface area (Å²) >= 11 is 0. The van der Waals surface area contributed by atoms with E-state index in [4.69, 9.17) is 4.74 Å². The van der Waals surface area contributed by atoms with Gasteiger partial charge < -0.3 is 9.64 Å². The molecule has 5 nitrogen and oxygen atoms in total. The van der Waals surface area contributed by atoms with Crippen LogP contribution in [-0.2, 0) is 4.74 Å². The van der Waals surface area contributed by atoms with Crippen LogP contribution in [0, 0.1) is 12.3 Å². The van der Waals surface area contributed by atoms with Crippen LogP contribution >= 0.6 is 0 Å². The summed E-state index contributed by atoms with van der Waals surface area (Å²) < 4.78 is 5.93. The van der Waals surface area contributed by atoms with E-state index in [1.54, 1.807) is 12.4 Å². The molecule has 1 aromatic heterocycles. The Bertz CT molecular complexity index is 537. The summed E-state index contributed by atoms with van der Waals surface area (Å²) in [7, 11) is 1.90. The zero-order valence-corrected chi connectivity index (χ0v) is 13.7. The Kier molecular flexibility index (Phi) is 4.17. The minimum Gasteiger partial charge on any atom is -0.378 e. The molecular weight excluding hydrogens is 278 g/mol. The molecule has 2 aliphatic carbocycles. The van der Waals surface area contributed by atoms with Crippen molar-refractivity contribution < 1.29 is 9.53 Å². The standard InChI is InChI=1S/C17H25N3O2/c1-4-22-15-9-14(17(15)7-5-6-8-17)20(3)16(21)13-11-18-12(2)10-19-13/h10-11,14-15H,4-9H2,1-3H3/t14-,15-/m1/s1. The molecule has 0 aromatic carbocycles. The largest absolute Gasteiger partial charge is 0.378 e. The maximum atomic E-state index is 12.7. The fourth-order valence-corrected chi connectivity index (χ4v) is 4.22. The second kappa shape index (κ2) is 5.95. The first kappa shape index (κ1) is 15.4. The van der Waals surface area contributed by atoms with Gasteiger partial charge in [0, 0.05) is 31.3 Å². The predicted octanol–water partition coefficient (Wildman–Crippen LogP) is 2.59. The Hall–Kier alpha value is -1.49. The van der Waals surface area contributed by atoms with Crippen LogP contribution in [0.1, 0.15) is 55.2 Å². The van der Waals surface area contributed by atoms with Gasteiger partial charge >= 0.3 is 0 Å². The van der Waals surface area contributed by atoms with E-state index in [-0.39, 0.29) is 17.4 Å². The van der Waals surface area contributed by atoms with Gasteiger partial charge in [-0.2, -0.15) is 0 Å². The summed E-state index contributed by atoms with van der Waals surface area (Å²) in [5.41, 5.74) is 1.42. The van der Waals surface area contributed by atoms with Crippen LogP contribution in [0.2, 0.25) is 0 Å². The van der Waals surface area contributed by atoms with Gasteiger partial charge in [0.05, 0.1) is 18.0 Å². The highest BCUT2D eigenvalue weighted by molar-refractivity contribution is 5.92. The lowest BCUT2D eigenvalue weighted by molar-refractivity contribution is -0.152. The Morgan fingerprint density at radius 3 is 2.68 bits per heavy atom. The molecule has 2 aliphatic rings. The molecule has 0 radical (unpaired) electrons. The van der Waals surface area contributed by atoms with Gasteiger partial charge in [0.1, 0.15) is 5.69 Å². The number of rotatable bonds is 4. The summed E-state index contributed by atoms with van der Waals surface area (Å²) in [4.78, 5) is 23.0. The molecule has 0 bridgehead atoms. The lowest BCUT2D eigenvalue weighted by atomic mass is 9.60. The van der Waals surface area contributed by atoms with Crippen molar-refractivity contribution in [2.75, 3.05) is 13.7 Å². The Labute approximate surface area is 132 Å². The first-order valence-corrected chi connectivity index (χ1v) is 8.26. The summed E-state index contributed by atoms with van der Waals surface area (Å²) in [6.45, 7) is 4.67. The number of carbonyl (C=O) groups excluding carboxylic acids is 1. The van der Waals surface area contributed by atoms with Gasteiger partial charge in [0.2, 0.25) is 0 Å². The third-order valence-corrected chi connectivity index (χ3v) is 5.43. The van der Waals surface area contributed by atoms with Crippen LogP contribution in [0.4, 0.5) is 0 Å². The van der Waals surface area contributed by atoms with Gasteiger partial charge in [-0.25, -0.2) is 4.98 Å². The second-order valence-corrected chi connectivity index (χ2v) is 6.59. The first-order valence-electron chi connectivity index (χ1n) is 8.26. The molecule has 3 rings (SSSR count). The van der Waals surface area contributed by atoms with Crippen LogP contribution in [-0.4, -0.2) is 46.6 Å². The molecule has 1 spiro atoms. The molecule has 0 N–H and O–H groups in total. The molecule has 2 fully saturated rings. The number of hydrogen-bond donors (Lipinski definition) is 0. The van der Waals surface area contributed by atoms with Gasteiger partial charge in [0.25, 0.3) is 5.91 Å². The number of carbonyl (C=O) groups is 1. The fourth-order valence-electron chi connectivity index (χ4n) is 4.22. The molecule has 1 amide bonds. The molecule has 0 saturated heterocycles.